The van der Waals surface area contributed by atoms with Crippen molar-refractivity contribution in [3.8, 4) is 11.5 Å². The predicted octanol–water partition coefficient (Wildman–Crippen LogP) is 3.06. The summed E-state index contributed by atoms with van der Waals surface area (Å²) in [7, 11) is 1.54. The highest BCUT2D eigenvalue weighted by Crippen LogP contribution is 2.25. The number of hydrogen-bond donors (Lipinski definition) is 3. The number of rotatable bonds is 9. The van der Waals surface area contributed by atoms with Gasteiger partial charge in [-0.1, -0.05) is 31.9 Å². The molecule has 0 bridgehead atoms. The lowest BCUT2D eigenvalue weighted by molar-refractivity contribution is -0.122. The van der Waals surface area contributed by atoms with Crippen molar-refractivity contribution in [3.05, 3.63) is 53.6 Å². The van der Waals surface area contributed by atoms with Gasteiger partial charge in [-0.2, -0.15) is 0 Å². The van der Waals surface area contributed by atoms with Crippen LogP contribution in [0.2, 0.25) is 0 Å². The topological polar surface area (TPSA) is 88.7 Å². The number of ether oxygens (including phenoxy) is 2. The SMILES string of the molecule is CCCCCOc1cccc(CNC(=O)C2NC(=O)c3cc(OC)ccc3N2)c1. The van der Waals surface area contributed by atoms with Crippen molar-refractivity contribution in [3.63, 3.8) is 0 Å². The van der Waals surface area contributed by atoms with E-state index in [1.165, 1.54) is 7.11 Å². The normalized spacial score (nSPS) is 15.0. The van der Waals surface area contributed by atoms with Crippen LogP contribution in [-0.4, -0.2) is 31.7 Å². The summed E-state index contributed by atoms with van der Waals surface area (Å²) in [6, 6.07) is 12.8. The van der Waals surface area contributed by atoms with Crippen LogP contribution in [0.1, 0.15) is 42.1 Å². The first kappa shape index (κ1) is 20.5. The zero-order valence-electron chi connectivity index (χ0n) is 16.8. The first-order chi connectivity index (χ1) is 14.1. The molecular formula is C22H27N3O4. The summed E-state index contributed by atoms with van der Waals surface area (Å²) in [5, 5.41) is 8.56. The van der Waals surface area contributed by atoms with Crippen LogP contribution >= 0.6 is 0 Å². The molecule has 7 heteroatoms. The molecule has 3 N–H and O–H groups in total. The monoisotopic (exact) mass is 397 g/mol. The number of amides is 2. The molecule has 7 nitrogen and oxygen atoms in total. The molecule has 0 saturated heterocycles. The smallest absolute Gasteiger partial charge is 0.263 e. The first-order valence-electron chi connectivity index (χ1n) is 9.85. The molecule has 0 saturated carbocycles. The Hall–Kier alpha value is -3.22. The average Bonchev–Trinajstić information content (AvgIpc) is 2.75. The highest BCUT2D eigenvalue weighted by molar-refractivity contribution is 6.05. The second kappa shape index (κ2) is 9.82. The predicted molar refractivity (Wildman–Crippen MR) is 111 cm³/mol. The molecule has 1 unspecified atom stereocenters. The number of methoxy groups -OCH3 is 1. The second-order valence-electron chi connectivity index (χ2n) is 6.88. The number of benzene rings is 2. The van der Waals surface area contributed by atoms with E-state index in [1.807, 2.05) is 24.3 Å². The van der Waals surface area contributed by atoms with Crippen molar-refractivity contribution in [1.29, 1.82) is 0 Å². The van der Waals surface area contributed by atoms with Crippen LogP contribution in [-0.2, 0) is 11.3 Å². The number of carbonyl (C=O) groups is 2. The molecule has 154 valence electrons. The van der Waals surface area contributed by atoms with Crippen molar-refractivity contribution >= 4 is 17.5 Å². The van der Waals surface area contributed by atoms with Gasteiger partial charge in [0.25, 0.3) is 11.8 Å². The molecule has 0 radical (unpaired) electrons. The number of anilines is 1. The van der Waals surface area contributed by atoms with Gasteiger partial charge in [-0.15, -0.1) is 0 Å². The molecule has 0 aliphatic carbocycles. The van der Waals surface area contributed by atoms with Crippen LogP contribution in [0.25, 0.3) is 0 Å². The fourth-order valence-corrected chi connectivity index (χ4v) is 3.07. The van der Waals surface area contributed by atoms with Crippen molar-refractivity contribution in [2.24, 2.45) is 0 Å². The third-order valence-corrected chi connectivity index (χ3v) is 4.69. The molecule has 2 amide bonds. The lowest BCUT2D eigenvalue weighted by atomic mass is 10.1. The van der Waals surface area contributed by atoms with Crippen LogP contribution < -0.4 is 25.4 Å². The summed E-state index contributed by atoms with van der Waals surface area (Å²) in [5.74, 6) is 0.745. The van der Waals surface area contributed by atoms with Crippen molar-refractivity contribution in [2.45, 2.75) is 38.9 Å². The van der Waals surface area contributed by atoms with Gasteiger partial charge in [0.2, 0.25) is 0 Å². The van der Waals surface area contributed by atoms with Gasteiger partial charge in [0.05, 0.1) is 19.3 Å². The van der Waals surface area contributed by atoms with Crippen molar-refractivity contribution in [2.75, 3.05) is 19.0 Å². The van der Waals surface area contributed by atoms with E-state index in [0.29, 0.717) is 30.2 Å². The average molecular weight is 397 g/mol. The molecule has 1 aliphatic heterocycles. The molecule has 2 aromatic carbocycles. The third kappa shape index (κ3) is 5.40. The third-order valence-electron chi connectivity index (χ3n) is 4.69. The molecule has 3 rings (SSSR count). The van der Waals surface area contributed by atoms with Crippen LogP contribution in [0.15, 0.2) is 42.5 Å². The van der Waals surface area contributed by atoms with Gasteiger partial charge in [0.1, 0.15) is 11.5 Å². The summed E-state index contributed by atoms with van der Waals surface area (Å²) < 4.78 is 10.9. The molecule has 2 aromatic rings. The summed E-state index contributed by atoms with van der Waals surface area (Å²) in [5.41, 5.74) is 1.97. The number of carbonyl (C=O) groups excluding carboxylic acids is 2. The van der Waals surface area contributed by atoms with Crippen LogP contribution in [0, 0.1) is 0 Å². The summed E-state index contributed by atoms with van der Waals surface area (Å²) in [6.45, 7) is 3.18. The zero-order chi connectivity index (χ0) is 20.6. The number of hydrogen-bond acceptors (Lipinski definition) is 5. The fraction of sp³-hybridized carbons (Fsp3) is 0.364. The molecule has 0 aromatic heterocycles. The van der Waals surface area contributed by atoms with Crippen molar-refractivity contribution in [1.82, 2.24) is 10.6 Å². The summed E-state index contributed by atoms with van der Waals surface area (Å²) >= 11 is 0. The minimum atomic E-state index is -0.836. The molecule has 1 aliphatic rings. The Kier molecular flexibility index (Phi) is 6.94. The Morgan fingerprint density at radius 2 is 1.97 bits per heavy atom. The second-order valence-corrected chi connectivity index (χ2v) is 6.88. The molecule has 1 atom stereocenters. The highest BCUT2D eigenvalue weighted by Gasteiger charge is 2.28. The summed E-state index contributed by atoms with van der Waals surface area (Å²) in [6.07, 6.45) is 2.49. The zero-order valence-corrected chi connectivity index (χ0v) is 16.8. The first-order valence-corrected chi connectivity index (χ1v) is 9.85. The molecular weight excluding hydrogens is 370 g/mol. The van der Waals surface area contributed by atoms with Gasteiger partial charge in [-0.05, 0) is 42.3 Å². The van der Waals surface area contributed by atoms with E-state index in [0.717, 1.165) is 30.6 Å². The van der Waals surface area contributed by atoms with E-state index in [4.69, 9.17) is 9.47 Å². The maximum atomic E-state index is 12.5. The van der Waals surface area contributed by atoms with Gasteiger partial charge >= 0.3 is 0 Å². The largest absolute Gasteiger partial charge is 0.497 e. The maximum absolute atomic E-state index is 12.5. The molecule has 0 fully saturated rings. The van der Waals surface area contributed by atoms with E-state index in [2.05, 4.69) is 22.9 Å². The number of unbranched alkanes of at least 4 members (excludes halogenated alkanes) is 2. The van der Waals surface area contributed by atoms with E-state index < -0.39 is 6.17 Å². The van der Waals surface area contributed by atoms with Gasteiger partial charge in [-0.3, -0.25) is 9.59 Å². The number of nitrogens with one attached hydrogen (secondary N) is 3. The minimum absolute atomic E-state index is 0.311. The maximum Gasteiger partial charge on any atom is 0.263 e. The van der Waals surface area contributed by atoms with Gasteiger partial charge < -0.3 is 25.4 Å². The molecule has 29 heavy (non-hydrogen) atoms. The van der Waals surface area contributed by atoms with Crippen LogP contribution in [0.4, 0.5) is 5.69 Å². The Morgan fingerprint density at radius 3 is 2.76 bits per heavy atom. The Bertz CT molecular complexity index is 869. The Labute approximate surface area is 170 Å². The van der Waals surface area contributed by atoms with E-state index in [9.17, 15) is 9.59 Å². The van der Waals surface area contributed by atoms with Crippen LogP contribution in [0.3, 0.4) is 0 Å². The fourth-order valence-electron chi connectivity index (χ4n) is 3.07. The lowest BCUT2D eigenvalue weighted by Crippen LogP contribution is -2.53. The van der Waals surface area contributed by atoms with Gasteiger partial charge in [0, 0.05) is 12.2 Å². The summed E-state index contributed by atoms with van der Waals surface area (Å²) in [4.78, 5) is 24.9. The lowest BCUT2D eigenvalue weighted by Gasteiger charge is -2.27. The van der Waals surface area contributed by atoms with Crippen LogP contribution in [0.5, 0.6) is 11.5 Å². The standard InChI is InChI=1S/C22H27N3O4/c1-3-4-5-11-29-17-8-6-7-15(12-17)14-23-22(27)20-24-19-10-9-16(28-2)13-18(19)21(26)25-20/h6-10,12-13,20,24H,3-5,11,14H2,1-2H3,(H,23,27)(H,25,26). The van der Waals surface area contributed by atoms with Crippen molar-refractivity contribution < 1.29 is 19.1 Å². The number of fused-ring (bicyclic) bond motifs is 1. The quantitative estimate of drug-likeness (QED) is 0.566. The minimum Gasteiger partial charge on any atom is -0.497 e. The van der Waals surface area contributed by atoms with Gasteiger partial charge in [0.15, 0.2) is 6.17 Å². The highest BCUT2D eigenvalue weighted by atomic mass is 16.5. The Morgan fingerprint density at radius 1 is 1.10 bits per heavy atom. The molecule has 0 spiro atoms. The van der Waals surface area contributed by atoms with Gasteiger partial charge in [-0.25, -0.2) is 0 Å². The van der Waals surface area contributed by atoms with E-state index >= 15 is 0 Å². The molecule has 1 heterocycles. The van der Waals surface area contributed by atoms with E-state index in [-0.39, 0.29) is 11.8 Å². The van der Waals surface area contributed by atoms with E-state index in [1.54, 1.807) is 18.2 Å². The Balaban J connectivity index is 1.55.